The quantitative estimate of drug-likeness (QED) is 0.849. The normalized spacial score (nSPS) is 12.7. The molecule has 0 spiro atoms. The van der Waals surface area contributed by atoms with Crippen molar-refractivity contribution in [2.24, 2.45) is 0 Å². The Kier molecular flexibility index (Phi) is 4.79. The van der Waals surface area contributed by atoms with Gasteiger partial charge >= 0.3 is 0 Å². The highest BCUT2D eigenvalue weighted by Gasteiger charge is 2.24. The smallest absolute Gasteiger partial charge is 0.244 e. The van der Waals surface area contributed by atoms with Crippen molar-refractivity contribution in [1.29, 1.82) is 0 Å². The SMILES string of the molecule is [C-]#[N+]CC(O)c1cc(OC)c(C(C)(C)C)cc1OC. The predicted molar refractivity (Wildman–Crippen MR) is 74.7 cm³/mol. The fourth-order valence-electron chi connectivity index (χ4n) is 1.95. The van der Waals surface area contributed by atoms with Crippen LogP contribution in [0.5, 0.6) is 11.5 Å². The molecule has 1 aromatic carbocycles. The molecule has 0 bridgehead atoms. The number of aliphatic hydroxyl groups excluding tert-OH is 1. The molecule has 0 saturated heterocycles. The maximum atomic E-state index is 10.00. The van der Waals surface area contributed by atoms with Crippen LogP contribution >= 0.6 is 0 Å². The number of nitrogens with zero attached hydrogens (tertiary/aromatic N) is 1. The van der Waals surface area contributed by atoms with Crippen molar-refractivity contribution in [3.8, 4) is 11.5 Å². The number of benzene rings is 1. The van der Waals surface area contributed by atoms with E-state index in [0.717, 1.165) is 5.56 Å². The van der Waals surface area contributed by atoms with Crippen LogP contribution in [0, 0.1) is 6.57 Å². The van der Waals surface area contributed by atoms with Gasteiger partial charge < -0.3 is 19.4 Å². The predicted octanol–water partition coefficient (Wildman–Crippen LogP) is 2.95. The molecule has 1 atom stereocenters. The van der Waals surface area contributed by atoms with E-state index in [1.807, 2.05) is 6.07 Å². The van der Waals surface area contributed by atoms with Crippen molar-refractivity contribution in [2.45, 2.75) is 32.3 Å². The van der Waals surface area contributed by atoms with Crippen LogP contribution in [0.25, 0.3) is 4.85 Å². The Hall–Kier alpha value is -1.73. The van der Waals surface area contributed by atoms with Gasteiger partial charge in [0, 0.05) is 11.1 Å². The molecule has 0 saturated carbocycles. The molecule has 0 fully saturated rings. The standard InChI is InChI=1S/C15H21NO3/c1-15(2,3)11-8-13(18-5)10(7-14(11)19-6)12(17)9-16-4/h7-8,12,17H,9H2,1-3,5-6H3. The van der Waals surface area contributed by atoms with Gasteiger partial charge in [0.15, 0.2) is 6.10 Å². The van der Waals surface area contributed by atoms with Crippen LogP contribution in [-0.4, -0.2) is 25.9 Å². The lowest BCUT2D eigenvalue weighted by atomic mass is 9.85. The van der Waals surface area contributed by atoms with Gasteiger partial charge in [-0.1, -0.05) is 20.8 Å². The van der Waals surface area contributed by atoms with Crippen molar-refractivity contribution >= 4 is 0 Å². The lowest BCUT2D eigenvalue weighted by Crippen LogP contribution is -2.14. The van der Waals surface area contributed by atoms with Gasteiger partial charge in [-0.15, -0.1) is 0 Å². The number of hydrogen-bond donors (Lipinski definition) is 1. The molecule has 0 aliphatic rings. The fourth-order valence-corrected chi connectivity index (χ4v) is 1.95. The van der Waals surface area contributed by atoms with Crippen molar-refractivity contribution in [2.75, 3.05) is 20.8 Å². The summed E-state index contributed by atoms with van der Waals surface area (Å²) in [5, 5.41) is 10.00. The van der Waals surface area contributed by atoms with E-state index in [-0.39, 0.29) is 12.0 Å². The lowest BCUT2D eigenvalue weighted by Gasteiger charge is -2.24. The Bertz CT molecular complexity index is 483. The molecule has 1 aromatic rings. The van der Waals surface area contributed by atoms with Gasteiger partial charge in [-0.25, -0.2) is 6.57 Å². The molecule has 1 rings (SSSR count). The van der Waals surface area contributed by atoms with E-state index in [0.29, 0.717) is 17.1 Å². The second-order valence-electron chi connectivity index (χ2n) is 5.40. The minimum absolute atomic E-state index is 0.00831. The number of rotatable bonds is 4. The molecule has 0 radical (unpaired) electrons. The van der Waals surface area contributed by atoms with Gasteiger partial charge in [-0.2, -0.15) is 0 Å². The second-order valence-corrected chi connectivity index (χ2v) is 5.40. The molecule has 1 unspecified atom stereocenters. The average Bonchev–Trinajstić information content (AvgIpc) is 2.36. The highest BCUT2D eigenvalue weighted by Crippen LogP contribution is 2.38. The molecule has 0 heterocycles. The molecular weight excluding hydrogens is 242 g/mol. The maximum Gasteiger partial charge on any atom is 0.244 e. The lowest BCUT2D eigenvalue weighted by molar-refractivity contribution is 0.190. The van der Waals surface area contributed by atoms with Crippen LogP contribution < -0.4 is 9.47 Å². The number of aliphatic hydroxyl groups is 1. The van der Waals surface area contributed by atoms with Crippen LogP contribution in [0.4, 0.5) is 0 Å². The Morgan fingerprint density at radius 3 is 2.21 bits per heavy atom. The van der Waals surface area contributed by atoms with Crippen molar-refractivity contribution in [3.05, 3.63) is 34.7 Å². The minimum atomic E-state index is -0.865. The third kappa shape index (κ3) is 3.39. The topological polar surface area (TPSA) is 43.0 Å². The van der Waals surface area contributed by atoms with Crippen LogP contribution in [0.3, 0.4) is 0 Å². The van der Waals surface area contributed by atoms with Crippen molar-refractivity contribution < 1.29 is 14.6 Å². The zero-order valence-electron chi connectivity index (χ0n) is 12.2. The maximum absolute atomic E-state index is 10.00. The Labute approximate surface area is 114 Å². The van der Waals surface area contributed by atoms with Gasteiger partial charge in [-0.05, 0) is 17.5 Å². The monoisotopic (exact) mass is 263 g/mol. The van der Waals surface area contributed by atoms with E-state index in [2.05, 4.69) is 25.6 Å². The van der Waals surface area contributed by atoms with E-state index in [9.17, 15) is 5.11 Å². The number of hydrogen-bond acceptors (Lipinski definition) is 3. The third-order valence-corrected chi connectivity index (χ3v) is 2.98. The van der Waals surface area contributed by atoms with Crippen LogP contribution in [0.2, 0.25) is 0 Å². The van der Waals surface area contributed by atoms with E-state index < -0.39 is 6.10 Å². The molecule has 19 heavy (non-hydrogen) atoms. The Balaban J connectivity index is 3.40. The van der Waals surface area contributed by atoms with Crippen LogP contribution in [-0.2, 0) is 5.41 Å². The first-order chi connectivity index (χ1) is 8.85. The van der Waals surface area contributed by atoms with Crippen molar-refractivity contribution in [1.82, 2.24) is 0 Å². The average molecular weight is 263 g/mol. The first kappa shape index (κ1) is 15.3. The number of methoxy groups -OCH3 is 2. The first-order valence-corrected chi connectivity index (χ1v) is 6.12. The molecule has 0 aliphatic carbocycles. The Morgan fingerprint density at radius 2 is 1.79 bits per heavy atom. The summed E-state index contributed by atoms with van der Waals surface area (Å²) >= 11 is 0. The summed E-state index contributed by atoms with van der Waals surface area (Å²) in [6.07, 6.45) is -0.865. The van der Waals surface area contributed by atoms with E-state index >= 15 is 0 Å². The summed E-state index contributed by atoms with van der Waals surface area (Å²) in [6, 6.07) is 3.64. The molecule has 104 valence electrons. The van der Waals surface area contributed by atoms with Gasteiger partial charge in [0.25, 0.3) is 0 Å². The van der Waals surface area contributed by atoms with Crippen molar-refractivity contribution in [3.63, 3.8) is 0 Å². The summed E-state index contributed by atoms with van der Waals surface area (Å²) in [4.78, 5) is 3.22. The van der Waals surface area contributed by atoms with Gasteiger partial charge in [0.2, 0.25) is 6.54 Å². The fraction of sp³-hybridized carbons (Fsp3) is 0.533. The highest BCUT2D eigenvalue weighted by atomic mass is 16.5. The third-order valence-electron chi connectivity index (χ3n) is 2.98. The van der Waals surface area contributed by atoms with E-state index in [4.69, 9.17) is 16.0 Å². The number of ether oxygens (including phenoxy) is 2. The van der Waals surface area contributed by atoms with Gasteiger partial charge in [0.1, 0.15) is 11.5 Å². The molecular formula is C15H21NO3. The molecule has 0 aromatic heterocycles. The summed E-state index contributed by atoms with van der Waals surface area (Å²) in [7, 11) is 3.16. The molecule has 4 nitrogen and oxygen atoms in total. The molecule has 0 aliphatic heterocycles. The molecule has 4 heteroatoms. The summed E-state index contributed by atoms with van der Waals surface area (Å²) in [5.74, 6) is 1.29. The second kappa shape index (κ2) is 5.94. The zero-order valence-corrected chi connectivity index (χ0v) is 12.2. The summed E-state index contributed by atoms with van der Waals surface area (Å²) < 4.78 is 10.7. The largest absolute Gasteiger partial charge is 0.496 e. The highest BCUT2D eigenvalue weighted by molar-refractivity contribution is 5.50. The van der Waals surface area contributed by atoms with Crippen LogP contribution in [0.15, 0.2) is 12.1 Å². The van der Waals surface area contributed by atoms with E-state index in [1.54, 1.807) is 20.3 Å². The van der Waals surface area contributed by atoms with Gasteiger partial charge in [-0.3, -0.25) is 0 Å². The Morgan fingerprint density at radius 1 is 1.21 bits per heavy atom. The van der Waals surface area contributed by atoms with Gasteiger partial charge in [0.05, 0.1) is 14.2 Å². The summed E-state index contributed by atoms with van der Waals surface area (Å²) in [6.45, 7) is 13.1. The van der Waals surface area contributed by atoms with E-state index in [1.165, 1.54) is 0 Å². The molecule has 0 amide bonds. The zero-order chi connectivity index (χ0) is 14.6. The minimum Gasteiger partial charge on any atom is -0.496 e. The molecule has 1 N–H and O–H groups in total. The summed E-state index contributed by atoms with van der Waals surface area (Å²) in [5.41, 5.74) is 1.50. The first-order valence-electron chi connectivity index (χ1n) is 6.12. The van der Waals surface area contributed by atoms with Crippen LogP contribution in [0.1, 0.15) is 38.0 Å².